The number of sulfonamides is 1. The maximum Gasteiger partial charge on any atom is 0.326 e. The lowest BCUT2D eigenvalue weighted by molar-refractivity contribution is 0.0269. The van der Waals surface area contributed by atoms with E-state index in [0.29, 0.717) is 24.5 Å². The number of nitrogens with zero attached hydrogens (tertiary/aromatic N) is 2. The van der Waals surface area contributed by atoms with E-state index in [4.69, 9.17) is 4.74 Å². The van der Waals surface area contributed by atoms with Crippen LogP contribution in [0.25, 0.3) is 10.9 Å². The van der Waals surface area contributed by atoms with Gasteiger partial charge in [0.05, 0.1) is 29.0 Å². The molecule has 28 heavy (non-hydrogen) atoms. The highest BCUT2D eigenvalue weighted by molar-refractivity contribution is 7.89. The molecule has 4 rings (SSSR count). The van der Waals surface area contributed by atoms with Gasteiger partial charge in [0.1, 0.15) is 0 Å². The summed E-state index contributed by atoms with van der Waals surface area (Å²) in [5.41, 5.74) is -0.896. The normalized spacial score (nSPS) is 20.6. The van der Waals surface area contributed by atoms with E-state index in [1.165, 1.54) is 22.5 Å². The lowest BCUT2D eigenvalue weighted by Crippen LogP contribution is -2.44. The second-order valence-electron chi connectivity index (χ2n) is 7.38. The minimum absolute atomic E-state index is 0.0733. The minimum Gasteiger partial charge on any atom is -0.379 e. The van der Waals surface area contributed by atoms with Gasteiger partial charge in [-0.2, -0.15) is 4.31 Å². The van der Waals surface area contributed by atoms with Crippen LogP contribution >= 0.6 is 0 Å². The van der Waals surface area contributed by atoms with Gasteiger partial charge in [0.2, 0.25) is 10.0 Å². The Morgan fingerprint density at radius 3 is 2.46 bits per heavy atom. The molecule has 2 aliphatic heterocycles. The van der Waals surface area contributed by atoms with Crippen LogP contribution in [0, 0.1) is 5.92 Å². The van der Waals surface area contributed by atoms with Crippen molar-refractivity contribution in [3.05, 3.63) is 39.0 Å². The van der Waals surface area contributed by atoms with Gasteiger partial charge in [-0.25, -0.2) is 13.2 Å². The van der Waals surface area contributed by atoms with Crippen molar-refractivity contribution >= 4 is 20.9 Å². The van der Waals surface area contributed by atoms with Crippen molar-refractivity contribution in [2.24, 2.45) is 5.92 Å². The summed E-state index contributed by atoms with van der Waals surface area (Å²) in [6, 6.07) is 4.23. The SMILES string of the molecule is O=c1[nH]c(=O)c2cc(S(=O)(=O)N3CCC(CN4CCOCC4)CC3)ccc2[nH]1. The number of rotatable bonds is 4. The van der Waals surface area contributed by atoms with Crippen LogP contribution in [0.5, 0.6) is 0 Å². The quantitative estimate of drug-likeness (QED) is 0.733. The first-order valence-corrected chi connectivity index (χ1v) is 10.9. The van der Waals surface area contributed by atoms with E-state index >= 15 is 0 Å². The van der Waals surface area contributed by atoms with Crippen LogP contribution in [0.1, 0.15) is 12.8 Å². The molecule has 152 valence electrons. The Bertz CT molecular complexity index is 1060. The first-order valence-electron chi connectivity index (χ1n) is 9.50. The summed E-state index contributed by atoms with van der Waals surface area (Å²) in [5, 5.41) is 0.155. The summed E-state index contributed by atoms with van der Waals surface area (Å²) < 4.78 is 32.9. The highest BCUT2D eigenvalue weighted by Gasteiger charge is 2.30. The van der Waals surface area contributed by atoms with E-state index < -0.39 is 21.3 Å². The molecule has 1 aromatic carbocycles. The first-order chi connectivity index (χ1) is 13.4. The predicted molar refractivity (Wildman–Crippen MR) is 104 cm³/mol. The third-order valence-corrected chi connectivity index (χ3v) is 7.44. The summed E-state index contributed by atoms with van der Waals surface area (Å²) in [4.78, 5) is 30.4. The van der Waals surface area contributed by atoms with E-state index in [1.807, 2.05) is 0 Å². The Morgan fingerprint density at radius 1 is 1.04 bits per heavy atom. The Kier molecular flexibility index (Phi) is 5.37. The third kappa shape index (κ3) is 3.90. The number of hydrogen-bond acceptors (Lipinski definition) is 6. The number of morpholine rings is 1. The average Bonchev–Trinajstić information content (AvgIpc) is 2.69. The lowest BCUT2D eigenvalue weighted by atomic mass is 9.97. The summed E-state index contributed by atoms with van der Waals surface area (Å²) in [5.74, 6) is 0.481. The average molecular weight is 408 g/mol. The molecule has 3 heterocycles. The second kappa shape index (κ2) is 7.78. The molecule has 2 aliphatic rings. The molecule has 2 fully saturated rings. The largest absolute Gasteiger partial charge is 0.379 e. The van der Waals surface area contributed by atoms with Gasteiger partial charge in [0.15, 0.2) is 0 Å². The highest BCUT2D eigenvalue weighted by atomic mass is 32.2. The van der Waals surface area contributed by atoms with Gasteiger partial charge in [0.25, 0.3) is 5.56 Å². The fourth-order valence-corrected chi connectivity index (χ4v) is 5.43. The molecule has 9 nitrogen and oxygen atoms in total. The van der Waals surface area contributed by atoms with E-state index in [9.17, 15) is 18.0 Å². The molecule has 1 aromatic heterocycles. The number of hydrogen-bond donors (Lipinski definition) is 2. The van der Waals surface area contributed by atoms with E-state index in [1.54, 1.807) is 0 Å². The van der Waals surface area contributed by atoms with Gasteiger partial charge in [-0.05, 0) is 37.0 Å². The van der Waals surface area contributed by atoms with Crippen molar-refractivity contribution in [2.75, 3.05) is 45.9 Å². The molecular formula is C18H24N4O5S. The van der Waals surface area contributed by atoms with Gasteiger partial charge >= 0.3 is 5.69 Å². The molecule has 0 atom stereocenters. The molecule has 0 spiro atoms. The van der Waals surface area contributed by atoms with Crippen LogP contribution in [0.15, 0.2) is 32.7 Å². The maximum absolute atomic E-state index is 13.0. The van der Waals surface area contributed by atoms with Crippen molar-refractivity contribution < 1.29 is 13.2 Å². The Morgan fingerprint density at radius 2 is 1.75 bits per heavy atom. The lowest BCUT2D eigenvalue weighted by Gasteiger charge is -2.35. The van der Waals surface area contributed by atoms with Gasteiger partial charge in [-0.1, -0.05) is 0 Å². The fourth-order valence-electron chi connectivity index (χ4n) is 3.93. The van der Waals surface area contributed by atoms with E-state index in [0.717, 1.165) is 45.7 Å². The fraction of sp³-hybridized carbons (Fsp3) is 0.556. The summed E-state index contributed by atoms with van der Waals surface area (Å²) in [6.07, 6.45) is 1.64. The van der Waals surface area contributed by atoms with Gasteiger partial charge in [0, 0.05) is 32.7 Å². The molecule has 0 saturated carbocycles. The molecule has 2 aromatic rings. The Labute approximate surface area is 162 Å². The molecule has 0 amide bonds. The molecule has 10 heteroatoms. The predicted octanol–water partition coefficient (Wildman–Crippen LogP) is -0.0507. The molecule has 0 radical (unpaired) electrons. The van der Waals surface area contributed by atoms with Crippen molar-refractivity contribution in [3.8, 4) is 0 Å². The number of nitrogens with one attached hydrogen (secondary N) is 2. The zero-order valence-electron chi connectivity index (χ0n) is 15.5. The zero-order valence-corrected chi connectivity index (χ0v) is 16.3. The number of aromatic amines is 2. The molecule has 0 aliphatic carbocycles. The number of aromatic nitrogens is 2. The number of ether oxygens (including phenoxy) is 1. The van der Waals surface area contributed by atoms with Crippen LogP contribution in [-0.4, -0.2) is 73.5 Å². The van der Waals surface area contributed by atoms with Gasteiger partial charge in [-0.15, -0.1) is 0 Å². The molecule has 0 unspecified atom stereocenters. The summed E-state index contributed by atoms with van der Waals surface area (Å²) in [6.45, 7) is 5.32. The molecule has 0 bridgehead atoms. The number of H-pyrrole nitrogens is 2. The van der Waals surface area contributed by atoms with Crippen LogP contribution < -0.4 is 11.2 Å². The topological polar surface area (TPSA) is 116 Å². The van der Waals surface area contributed by atoms with Crippen LogP contribution in [0.4, 0.5) is 0 Å². The second-order valence-corrected chi connectivity index (χ2v) is 9.31. The van der Waals surface area contributed by atoms with E-state index in [2.05, 4.69) is 14.9 Å². The van der Waals surface area contributed by atoms with Gasteiger partial charge in [-0.3, -0.25) is 14.7 Å². The smallest absolute Gasteiger partial charge is 0.326 e. The maximum atomic E-state index is 13.0. The summed E-state index contributed by atoms with van der Waals surface area (Å²) >= 11 is 0. The van der Waals surface area contributed by atoms with E-state index in [-0.39, 0.29) is 10.3 Å². The Balaban J connectivity index is 1.47. The van der Waals surface area contributed by atoms with Crippen LogP contribution in [-0.2, 0) is 14.8 Å². The van der Waals surface area contributed by atoms with Crippen molar-refractivity contribution in [2.45, 2.75) is 17.7 Å². The minimum atomic E-state index is -3.68. The molecule has 2 N–H and O–H groups in total. The number of piperidine rings is 1. The number of benzene rings is 1. The molecular weight excluding hydrogens is 384 g/mol. The van der Waals surface area contributed by atoms with Crippen LogP contribution in [0.3, 0.4) is 0 Å². The first kappa shape index (κ1) is 19.3. The number of fused-ring (bicyclic) bond motifs is 1. The van der Waals surface area contributed by atoms with Crippen molar-refractivity contribution in [3.63, 3.8) is 0 Å². The van der Waals surface area contributed by atoms with Gasteiger partial charge < -0.3 is 9.72 Å². The zero-order chi connectivity index (χ0) is 19.7. The monoisotopic (exact) mass is 408 g/mol. The summed E-state index contributed by atoms with van der Waals surface area (Å²) in [7, 11) is -3.68. The standard InChI is InChI=1S/C18H24N4O5S/c23-17-15-11-14(1-2-16(15)19-18(24)20-17)28(25,26)22-5-3-13(4-6-22)12-21-7-9-27-10-8-21/h1-2,11,13H,3-10,12H2,(H2,19,20,23,24). The third-order valence-electron chi connectivity index (χ3n) is 5.54. The van der Waals surface area contributed by atoms with Crippen molar-refractivity contribution in [1.82, 2.24) is 19.2 Å². The van der Waals surface area contributed by atoms with Crippen molar-refractivity contribution in [1.29, 1.82) is 0 Å². The Hall–Kier alpha value is -2.01. The van der Waals surface area contributed by atoms with Crippen LogP contribution in [0.2, 0.25) is 0 Å². The highest BCUT2D eigenvalue weighted by Crippen LogP contribution is 2.25. The molecule has 2 saturated heterocycles.